The Kier molecular flexibility index (Phi) is 3.87. The van der Waals surface area contributed by atoms with E-state index >= 15 is 0 Å². The lowest BCUT2D eigenvalue weighted by molar-refractivity contribution is -0.138. The highest BCUT2D eigenvalue weighted by molar-refractivity contribution is 7.15. The van der Waals surface area contributed by atoms with Crippen LogP contribution in [0.1, 0.15) is 5.01 Å². The molecule has 5 nitrogen and oxygen atoms in total. The first-order chi connectivity index (χ1) is 10.9. The van der Waals surface area contributed by atoms with Gasteiger partial charge in [-0.1, -0.05) is 47.7 Å². The Morgan fingerprint density at radius 2 is 1.74 bits per heavy atom. The van der Waals surface area contributed by atoms with Crippen molar-refractivity contribution in [2.45, 2.75) is 6.18 Å². The van der Waals surface area contributed by atoms with Gasteiger partial charge in [-0.2, -0.15) is 13.2 Å². The number of alkyl halides is 3. The van der Waals surface area contributed by atoms with Crippen LogP contribution in [0.4, 0.5) is 28.8 Å². The summed E-state index contributed by atoms with van der Waals surface area (Å²) in [7, 11) is 0. The van der Waals surface area contributed by atoms with Gasteiger partial charge in [0.2, 0.25) is 10.1 Å². The van der Waals surface area contributed by atoms with Gasteiger partial charge in [-0.15, -0.1) is 10.2 Å². The number of halogens is 3. The fourth-order valence-corrected chi connectivity index (χ4v) is 2.58. The van der Waals surface area contributed by atoms with Gasteiger partial charge in [0.15, 0.2) is 0 Å². The highest BCUT2D eigenvalue weighted by Gasteiger charge is 2.35. The Bertz CT molecular complexity index is 857. The standard InChI is InChI=1S/C14H9F3N4OS/c15-14(16,17)11-20-21-13(23-11)19-12(22)18-10-7-3-5-8-4-1-2-6-9(8)10/h1-7H,(H2,18,19,21,22). The molecule has 0 bridgehead atoms. The normalized spacial score (nSPS) is 11.4. The quantitative estimate of drug-likeness (QED) is 0.730. The average molecular weight is 338 g/mol. The summed E-state index contributed by atoms with van der Waals surface area (Å²) in [6.07, 6.45) is -4.58. The Balaban J connectivity index is 1.75. The predicted molar refractivity (Wildman–Crippen MR) is 81.5 cm³/mol. The minimum Gasteiger partial charge on any atom is -0.307 e. The summed E-state index contributed by atoms with van der Waals surface area (Å²) in [6, 6.07) is 12.1. The maximum atomic E-state index is 12.4. The van der Waals surface area contributed by atoms with E-state index in [9.17, 15) is 18.0 Å². The second-order valence-electron chi connectivity index (χ2n) is 4.52. The topological polar surface area (TPSA) is 66.9 Å². The third-order valence-corrected chi connectivity index (χ3v) is 3.81. The van der Waals surface area contributed by atoms with Gasteiger partial charge >= 0.3 is 12.2 Å². The largest absolute Gasteiger partial charge is 0.445 e. The zero-order valence-corrected chi connectivity index (χ0v) is 12.2. The number of carbonyl (C=O) groups excluding carboxylic acids is 1. The summed E-state index contributed by atoms with van der Waals surface area (Å²) in [4.78, 5) is 11.9. The molecule has 118 valence electrons. The van der Waals surface area contributed by atoms with E-state index in [1.807, 2.05) is 30.3 Å². The van der Waals surface area contributed by atoms with Gasteiger partial charge < -0.3 is 5.32 Å². The van der Waals surface area contributed by atoms with Crippen LogP contribution in [0.5, 0.6) is 0 Å². The molecule has 0 atom stereocenters. The molecule has 0 unspecified atom stereocenters. The summed E-state index contributed by atoms with van der Waals surface area (Å²) < 4.78 is 37.3. The second-order valence-corrected chi connectivity index (χ2v) is 5.49. The third kappa shape index (κ3) is 3.39. The molecule has 0 fully saturated rings. The maximum Gasteiger partial charge on any atom is 0.445 e. The summed E-state index contributed by atoms with van der Waals surface area (Å²) in [5.74, 6) is 0. The molecule has 2 N–H and O–H groups in total. The van der Waals surface area contributed by atoms with Crippen LogP contribution in [-0.4, -0.2) is 16.2 Å². The van der Waals surface area contributed by atoms with Crippen molar-refractivity contribution in [2.75, 3.05) is 10.6 Å². The first-order valence-electron chi connectivity index (χ1n) is 6.40. The smallest absolute Gasteiger partial charge is 0.307 e. The van der Waals surface area contributed by atoms with E-state index in [2.05, 4.69) is 20.8 Å². The maximum absolute atomic E-state index is 12.4. The molecule has 0 saturated heterocycles. The van der Waals surface area contributed by atoms with Crippen LogP contribution in [0.2, 0.25) is 0 Å². The average Bonchev–Trinajstić information content (AvgIpc) is 2.96. The molecule has 1 heterocycles. The van der Waals surface area contributed by atoms with E-state index in [-0.39, 0.29) is 16.5 Å². The van der Waals surface area contributed by atoms with Crippen molar-refractivity contribution in [1.29, 1.82) is 0 Å². The van der Waals surface area contributed by atoms with Gasteiger partial charge in [0, 0.05) is 5.39 Å². The van der Waals surface area contributed by atoms with Crippen molar-refractivity contribution in [3.63, 3.8) is 0 Å². The molecule has 0 radical (unpaired) electrons. The second kappa shape index (κ2) is 5.84. The molecular weight excluding hydrogens is 329 g/mol. The van der Waals surface area contributed by atoms with E-state index < -0.39 is 17.2 Å². The lowest BCUT2D eigenvalue weighted by Gasteiger charge is -2.08. The molecule has 9 heteroatoms. The lowest BCUT2D eigenvalue weighted by Crippen LogP contribution is -2.19. The summed E-state index contributed by atoms with van der Waals surface area (Å²) >= 11 is 0.263. The van der Waals surface area contributed by atoms with Crippen LogP contribution in [0.25, 0.3) is 10.8 Å². The zero-order chi connectivity index (χ0) is 16.4. The minimum atomic E-state index is -4.58. The van der Waals surface area contributed by atoms with E-state index in [1.54, 1.807) is 12.1 Å². The van der Waals surface area contributed by atoms with E-state index in [0.29, 0.717) is 5.69 Å². The number of benzene rings is 2. The molecule has 0 aliphatic rings. The number of nitrogens with one attached hydrogen (secondary N) is 2. The van der Waals surface area contributed by atoms with Gasteiger partial charge in [-0.3, -0.25) is 5.32 Å². The summed E-state index contributed by atoms with van der Waals surface area (Å²) in [5, 5.41) is 11.5. The van der Waals surface area contributed by atoms with E-state index in [4.69, 9.17) is 0 Å². The molecule has 3 aromatic rings. The number of nitrogens with zero attached hydrogens (tertiary/aromatic N) is 2. The Labute approximate surface area is 132 Å². The predicted octanol–water partition coefficient (Wildman–Crippen LogP) is 4.35. The number of rotatable bonds is 2. The van der Waals surface area contributed by atoms with Gasteiger partial charge in [-0.25, -0.2) is 4.79 Å². The minimum absolute atomic E-state index is 0.227. The number of aromatic nitrogens is 2. The first kappa shape index (κ1) is 15.2. The fourth-order valence-electron chi connectivity index (χ4n) is 1.97. The van der Waals surface area contributed by atoms with Crippen molar-refractivity contribution in [2.24, 2.45) is 0 Å². The van der Waals surface area contributed by atoms with E-state index in [1.165, 1.54) is 0 Å². The van der Waals surface area contributed by atoms with Crippen LogP contribution in [0, 0.1) is 0 Å². The summed E-state index contributed by atoms with van der Waals surface area (Å²) in [5.41, 5.74) is 0.543. The van der Waals surface area contributed by atoms with Crippen molar-refractivity contribution in [3.05, 3.63) is 47.5 Å². The van der Waals surface area contributed by atoms with Crippen LogP contribution in [0.15, 0.2) is 42.5 Å². The molecular formula is C14H9F3N4OS. The molecule has 2 amide bonds. The molecule has 3 rings (SSSR count). The molecule has 0 spiro atoms. The molecule has 0 aliphatic carbocycles. The Morgan fingerprint density at radius 3 is 2.48 bits per heavy atom. The molecule has 0 aliphatic heterocycles. The number of urea groups is 1. The van der Waals surface area contributed by atoms with Crippen molar-refractivity contribution in [1.82, 2.24) is 10.2 Å². The number of carbonyl (C=O) groups is 1. The Hall–Kier alpha value is -2.68. The molecule has 0 saturated carbocycles. The molecule has 1 aromatic heterocycles. The van der Waals surface area contributed by atoms with Crippen LogP contribution < -0.4 is 10.6 Å². The molecule has 2 aromatic carbocycles. The Morgan fingerprint density at radius 1 is 1.00 bits per heavy atom. The lowest BCUT2D eigenvalue weighted by atomic mass is 10.1. The molecule has 23 heavy (non-hydrogen) atoms. The van der Waals surface area contributed by atoms with Gasteiger partial charge in [0.05, 0.1) is 5.69 Å². The highest BCUT2D eigenvalue weighted by Crippen LogP contribution is 2.33. The van der Waals surface area contributed by atoms with Gasteiger partial charge in [0.25, 0.3) is 0 Å². The number of amides is 2. The number of anilines is 2. The van der Waals surface area contributed by atoms with Gasteiger partial charge in [0.1, 0.15) is 0 Å². The van der Waals surface area contributed by atoms with Crippen molar-refractivity contribution >= 4 is 39.0 Å². The number of fused-ring (bicyclic) bond motifs is 1. The monoisotopic (exact) mass is 338 g/mol. The van der Waals surface area contributed by atoms with Crippen LogP contribution in [0.3, 0.4) is 0 Å². The fraction of sp³-hybridized carbons (Fsp3) is 0.0714. The number of hydrogen-bond donors (Lipinski definition) is 2. The number of hydrogen-bond acceptors (Lipinski definition) is 4. The highest BCUT2D eigenvalue weighted by atomic mass is 32.1. The SMILES string of the molecule is O=C(Nc1nnc(C(F)(F)F)s1)Nc1cccc2ccccc12. The van der Waals surface area contributed by atoms with Gasteiger partial charge in [-0.05, 0) is 11.5 Å². The van der Waals surface area contributed by atoms with Crippen molar-refractivity contribution in [3.8, 4) is 0 Å². The van der Waals surface area contributed by atoms with Crippen LogP contribution >= 0.6 is 11.3 Å². The zero-order valence-electron chi connectivity index (χ0n) is 11.4. The third-order valence-electron chi connectivity index (χ3n) is 2.93. The van der Waals surface area contributed by atoms with Crippen LogP contribution in [-0.2, 0) is 6.18 Å². The first-order valence-corrected chi connectivity index (χ1v) is 7.21. The summed E-state index contributed by atoms with van der Waals surface area (Å²) in [6.45, 7) is 0. The van der Waals surface area contributed by atoms with Crippen molar-refractivity contribution < 1.29 is 18.0 Å². The van der Waals surface area contributed by atoms with E-state index in [0.717, 1.165) is 10.8 Å².